The Morgan fingerprint density at radius 3 is 2.77 bits per heavy atom. The third kappa shape index (κ3) is 3.34. The van der Waals surface area contributed by atoms with Gasteiger partial charge in [0.05, 0.1) is 23.6 Å². The Kier molecular flexibility index (Phi) is 4.81. The van der Waals surface area contributed by atoms with Crippen LogP contribution >= 0.6 is 39.3 Å². The van der Waals surface area contributed by atoms with Crippen LogP contribution in [0, 0.1) is 0 Å². The summed E-state index contributed by atoms with van der Waals surface area (Å²) in [4.78, 5) is 9.43. The Labute approximate surface area is 146 Å². The normalized spacial score (nSPS) is 10.9. The molecule has 2 aromatic heterocycles. The van der Waals surface area contributed by atoms with Gasteiger partial charge in [0.15, 0.2) is 0 Å². The molecule has 0 saturated carbocycles. The summed E-state index contributed by atoms with van der Waals surface area (Å²) in [6.45, 7) is 2.89. The van der Waals surface area contributed by atoms with Gasteiger partial charge in [0, 0.05) is 28.8 Å². The number of nitrogens with zero attached hydrogens (tertiary/aromatic N) is 4. The molecule has 2 heterocycles. The number of hydrogen-bond donors (Lipinski definition) is 0. The molecule has 0 unspecified atom stereocenters. The lowest BCUT2D eigenvalue weighted by atomic mass is 10.1. The molecule has 0 bridgehead atoms. The average molecular weight is 396 g/mol. The van der Waals surface area contributed by atoms with Crippen LogP contribution < -0.4 is 0 Å². The van der Waals surface area contributed by atoms with Crippen molar-refractivity contribution in [2.75, 3.05) is 0 Å². The van der Waals surface area contributed by atoms with Crippen molar-refractivity contribution in [3.05, 3.63) is 52.6 Å². The number of aryl methyl sites for hydroxylation is 1. The highest BCUT2D eigenvalue weighted by molar-refractivity contribution is 9.10. The van der Waals surface area contributed by atoms with E-state index in [1.807, 2.05) is 35.3 Å². The van der Waals surface area contributed by atoms with Gasteiger partial charge < -0.3 is 0 Å². The molecule has 7 heteroatoms. The Morgan fingerprint density at radius 2 is 2.09 bits per heavy atom. The quantitative estimate of drug-likeness (QED) is 0.628. The zero-order chi connectivity index (χ0) is 15.5. The molecule has 0 aliphatic heterocycles. The van der Waals surface area contributed by atoms with Crippen LogP contribution in [-0.2, 0) is 6.54 Å². The zero-order valence-corrected chi connectivity index (χ0v) is 14.9. The molecule has 0 aliphatic carbocycles. The fraction of sp³-hybridized carbons (Fsp3) is 0.133. The maximum absolute atomic E-state index is 6.56. The maximum atomic E-state index is 6.56. The number of benzene rings is 1. The van der Waals surface area contributed by atoms with Crippen molar-refractivity contribution in [1.29, 1.82) is 0 Å². The van der Waals surface area contributed by atoms with Crippen molar-refractivity contribution in [3.8, 4) is 11.1 Å². The molecule has 4 nitrogen and oxygen atoms in total. The fourth-order valence-electron chi connectivity index (χ4n) is 1.95. The van der Waals surface area contributed by atoms with Gasteiger partial charge in [0.2, 0.25) is 0 Å². The molecule has 0 radical (unpaired) electrons. The molecule has 0 N–H and O–H groups in total. The van der Waals surface area contributed by atoms with Gasteiger partial charge >= 0.3 is 0 Å². The maximum Gasteiger partial charge on any atom is 0.124 e. The first-order chi connectivity index (χ1) is 10.7. The van der Waals surface area contributed by atoms with E-state index in [1.54, 1.807) is 12.4 Å². The second-order valence-corrected chi connectivity index (χ2v) is 6.73. The molecule has 0 saturated heterocycles. The fourth-order valence-corrected chi connectivity index (χ4v) is 3.29. The van der Waals surface area contributed by atoms with Crippen LogP contribution in [0.1, 0.15) is 6.92 Å². The molecule has 0 fully saturated rings. The lowest BCUT2D eigenvalue weighted by Crippen LogP contribution is -1.92. The average Bonchev–Trinajstić information content (AvgIpc) is 3.00. The number of hydrogen-bond acceptors (Lipinski definition) is 4. The molecule has 3 aromatic rings. The van der Waals surface area contributed by atoms with E-state index in [2.05, 4.69) is 37.9 Å². The second kappa shape index (κ2) is 6.81. The summed E-state index contributed by atoms with van der Waals surface area (Å²) in [5.74, 6) is 0. The summed E-state index contributed by atoms with van der Waals surface area (Å²) >= 11 is 11.3. The van der Waals surface area contributed by atoms with E-state index in [0.717, 1.165) is 27.6 Å². The Bertz CT molecular complexity index is 788. The van der Waals surface area contributed by atoms with Crippen LogP contribution in [0.15, 0.2) is 57.5 Å². The summed E-state index contributed by atoms with van der Waals surface area (Å²) in [5.41, 5.74) is 1.98. The molecule has 3 rings (SSSR count). The number of aromatic nitrogens is 4. The van der Waals surface area contributed by atoms with Crippen molar-refractivity contribution in [2.24, 2.45) is 0 Å². The van der Waals surface area contributed by atoms with Crippen molar-refractivity contribution < 1.29 is 0 Å². The van der Waals surface area contributed by atoms with Crippen molar-refractivity contribution in [3.63, 3.8) is 0 Å². The number of rotatable bonds is 4. The third-order valence-electron chi connectivity index (χ3n) is 3.04. The molecule has 22 heavy (non-hydrogen) atoms. The monoisotopic (exact) mass is 394 g/mol. The van der Waals surface area contributed by atoms with E-state index in [-0.39, 0.29) is 0 Å². The molecule has 0 aliphatic rings. The first-order valence-electron chi connectivity index (χ1n) is 6.64. The largest absolute Gasteiger partial charge is 0.272 e. The van der Waals surface area contributed by atoms with E-state index < -0.39 is 0 Å². The zero-order valence-electron chi connectivity index (χ0n) is 11.7. The summed E-state index contributed by atoms with van der Waals surface area (Å²) in [7, 11) is 0. The Balaban J connectivity index is 1.93. The van der Waals surface area contributed by atoms with Crippen molar-refractivity contribution in [2.45, 2.75) is 23.4 Å². The van der Waals surface area contributed by atoms with E-state index in [1.165, 1.54) is 11.8 Å². The summed E-state index contributed by atoms with van der Waals surface area (Å²) in [6.07, 6.45) is 7.21. The molecular weight excluding hydrogens is 384 g/mol. The molecule has 112 valence electrons. The van der Waals surface area contributed by atoms with E-state index in [9.17, 15) is 0 Å². The van der Waals surface area contributed by atoms with Crippen LogP contribution in [0.2, 0.25) is 5.02 Å². The lowest BCUT2D eigenvalue weighted by molar-refractivity contribution is 0.660. The minimum Gasteiger partial charge on any atom is -0.272 e. The Hall–Kier alpha value is -1.37. The summed E-state index contributed by atoms with van der Waals surface area (Å²) < 4.78 is 2.59. The minimum absolute atomic E-state index is 0.702. The lowest BCUT2D eigenvalue weighted by Gasteiger charge is -2.07. The van der Waals surface area contributed by atoms with E-state index in [0.29, 0.717) is 9.63 Å². The van der Waals surface area contributed by atoms with Gasteiger partial charge in [-0.2, -0.15) is 5.10 Å². The van der Waals surface area contributed by atoms with Crippen LogP contribution in [0.3, 0.4) is 0 Å². The SMILES string of the molecule is CCn1cc(-c2cccc(Sc3cnc(Br)cn3)c2Cl)cn1. The first kappa shape index (κ1) is 15.5. The van der Waals surface area contributed by atoms with Gasteiger partial charge in [-0.1, -0.05) is 35.5 Å². The van der Waals surface area contributed by atoms with Gasteiger partial charge in [-0.25, -0.2) is 9.97 Å². The molecule has 0 amide bonds. The molecular formula is C15H12BrClN4S. The third-order valence-corrected chi connectivity index (χ3v) is 4.95. The highest BCUT2D eigenvalue weighted by Gasteiger charge is 2.11. The predicted octanol–water partition coefficient (Wildman–Crippen LogP) is 4.93. The van der Waals surface area contributed by atoms with Crippen molar-refractivity contribution >= 4 is 39.3 Å². The van der Waals surface area contributed by atoms with Gasteiger partial charge in [-0.05, 0) is 28.9 Å². The van der Waals surface area contributed by atoms with Gasteiger partial charge in [-0.3, -0.25) is 4.68 Å². The first-order valence-corrected chi connectivity index (χ1v) is 8.63. The highest BCUT2D eigenvalue weighted by Crippen LogP contribution is 2.38. The van der Waals surface area contributed by atoms with E-state index in [4.69, 9.17) is 11.6 Å². The highest BCUT2D eigenvalue weighted by atomic mass is 79.9. The van der Waals surface area contributed by atoms with Crippen LogP contribution in [0.4, 0.5) is 0 Å². The minimum atomic E-state index is 0.702. The van der Waals surface area contributed by atoms with Crippen LogP contribution in [-0.4, -0.2) is 19.7 Å². The van der Waals surface area contributed by atoms with Crippen molar-refractivity contribution in [1.82, 2.24) is 19.7 Å². The Morgan fingerprint density at radius 1 is 1.23 bits per heavy atom. The second-order valence-electron chi connectivity index (χ2n) is 4.48. The summed E-state index contributed by atoms with van der Waals surface area (Å²) in [5, 5.41) is 5.80. The standard InChI is InChI=1S/C15H12BrClN4S/c1-2-21-9-10(6-20-21)11-4-3-5-12(15(11)17)22-14-8-18-13(16)7-19-14/h3-9H,2H2,1H3. The van der Waals surface area contributed by atoms with Gasteiger partial charge in [-0.15, -0.1) is 0 Å². The predicted molar refractivity (Wildman–Crippen MR) is 92.2 cm³/mol. The molecule has 0 atom stereocenters. The summed E-state index contributed by atoms with van der Waals surface area (Å²) in [6, 6.07) is 5.96. The topological polar surface area (TPSA) is 43.6 Å². The smallest absolute Gasteiger partial charge is 0.124 e. The van der Waals surface area contributed by atoms with Gasteiger partial charge in [0.1, 0.15) is 9.63 Å². The van der Waals surface area contributed by atoms with E-state index >= 15 is 0 Å². The van der Waals surface area contributed by atoms with Gasteiger partial charge in [0.25, 0.3) is 0 Å². The molecule has 0 spiro atoms. The van der Waals surface area contributed by atoms with Crippen LogP contribution in [0.5, 0.6) is 0 Å². The number of halogens is 2. The van der Waals surface area contributed by atoms with Crippen LogP contribution in [0.25, 0.3) is 11.1 Å². The molecule has 1 aromatic carbocycles.